The Morgan fingerprint density at radius 3 is 2.83 bits per heavy atom. The van der Waals surface area contributed by atoms with Gasteiger partial charge in [0.25, 0.3) is 5.89 Å². The van der Waals surface area contributed by atoms with Gasteiger partial charge >= 0.3 is 0 Å². The molecule has 0 saturated carbocycles. The molecule has 2 aromatic heterocycles. The summed E-state index contributed by atoms with van der Waals surface area (Å²) in [6.07, 6.45) is -0.103. The van der Waals surface area contributed by atoms with Crippen LogP contribution in [0, 0.1) is 6.92 Å². The van der Waals surface area contributed by atoms with Gasteiger partial charge in [0.15, 0.2) is 5.69 Å². The highest BCUT2D eigenvalue weighted by Crippen LogP contribution is 2.31. The minimum atomic E-state index is -0.103. The summed E-state index contributed by atoms with van der Waals surface area (Å²) in [5, 5.41) is 12.7. The molecule has 0 N–H and O–H groups in total. The third kappa shape index (κ3) is 3.46. The number of nitrogens with zero attached hydrogens (tertiary/aromatic N) is 5. The van der Waals surface area contributed by atoms with E-state index in [1.54, 1.807) is 0 Å². The normalized spacial score (nSPS) is 15.7. The summed E-state index contributed by atoms with van der Waals surface area (Å²) in [5.41, 5.74) is 4.50. The lowest BCUT2D eigenvalue weighted by Crippen LogP contribution is -2.22. The van der Waals surface area contributed by atoms with Gasteiger partial charge in [0, 0.05) is 5.56 Å². The SMILES string of the molecule is CCOc1ccc([C@@H]2Cn3nnc(-c4nc(-c5cccc(C)c5)no4)c3CO2)cc1. The fourth-order valence-corrected chi connectivity index (χ4v) is 3.55. The van der Waals surface area contributed by atoms with Crippen LogP contribution in [0.2, 0.25) is 0 Å². The van der Waals surface area contributed by atoms with E-state index < -0.39 is 0 Å². The first-order valence-electron chi connectivity index (χ1n) is 9.89. The molecule has 5 rings (SSSR count). The summed E-state index contributed by atoms with van der Waals surface area (Å²) in [7, 11) is 0. The number of fused-ring (bicyclic) bond motifs is 1. The molecule has 152 valence electrons. The summed E-state index contributed by atoms with van der Waals surface area (Å²) in [4.78, 5) is 4.51. The number of rotatable bonds is 5. The molecule has 0 amide bonds. The van der Waals surface area contributed by atoms with Crippen LogP contribution in [0.1, 0.15) is 29.8 Å². The molecule has 0 radical (unpaired) electrons. The van der Waals surface area contributed by atoms with Crippen LogP contribution < -0.4 is 4.74 Å². The minimum absolute atomic E-state index is 0.103. The van der Waals surface area contributed by atoms with Gasteiger partial charge < -0.3 is 14.0 Å². The summed E-state index contributed by atoms with van der Waals surface area (Å²) >= 11 is 0. The molecule has 8 nitrogen and oxygen atoms in total. The number of hydrogen-bond acceptors (Lipinski definition) is 7. The molecule has 4 aromatic rings. The molecule has 0 bridgehead atoms. The van der Waals surface area contributed by atoms with Crippen LogP contribution in [0.15, 0.2) is 53.1 Å². The second-order valence-electron chi connectivity index (χ2n) is 7.16. The average Bonchev–Trinajstić information content (AvgIpc) is 3.41. The summed E-state index contributed by atoms with van der Waals surface area (Å²) in [6.45, 7) is 5.57. The maximum Gasteiger partial charge on any atom is 0.280 e. The molecule has 0 aliphatic carbocycles. The zero-order valence-electron chi connectivity index (χ0n) is 16.8. The van der Waals surface area contributed by atoms with E-state index in [4.69, 9.17) is 14.0 Å². The molecule has 8 heteroatoms. The molecule has 1 aliphatic rings. The van der Waals surface area contributed by atoms with Gasteiger partial charge in [-0.2, -0.15) is 4.98 Å². The van der Waals surface area contributed by atoms with Crippen molar-refractivity contribution in [3.63, 3.8) is 0 Å². The zero-order chi connectivity index (χ0) is 20.5. The Labute approximate surface area is 173 Å². The molecule has 0 fully saturated rings. The smallest absolute Gasteiger partial charge is 0.280 e. The Bertz CT molecular complexity index is 1170. The molecule has 0 spiro atoms. The van der Waals surface area contributed by atoms with Crippen LogP contribution in [0.3, 0.4) is 0 Å². The lowest BCUT2D eigenvalue weighted by atomic mass is 10.1. The van der Waals surface area contributed by atoms with Crippen molar-refractivity contribution in [3.8, 4) is 28.7 Å². The van der Waals surface area contributed by atoms with Crippen molar-refractivity contribution in [2.75, 3.05) is 6.61 Å². The van der Waals surface area contributed by atoms with Crippen molar-refractivity contribution < 1.29 is 14.0 Å². The summed E-state index contributed by atoms with van der Waals surface area (Å²) in [6, 6.07) is 15.9. The van der Waals surface area contributed by atoms with Gasteiger partial charge in [0.1, 0.15) is 11.9 Å². The van der Waals surface area contributed by atoms with E-state index in [1.807, 2.05) is 67.1 Å². The van der Waals surface area contributed by atoms with E-state index in [0.29, 0.717) is 37.2 Å². The molecule has 1 aliphatic heterocycles. The van der Waals surface area contributed by atoms with Crippen LogP contribution in [0.5, 0.6) is 5.75 Å². The molecule has 30 heavy (non-hydrogen) atoms. The second kappa shape index (κ2) is 7.72. The van der Waals surface area contributed by atoms with Gasteiger partial charge in [0.05, 0.1) is 25.5 Å². The number of hydrogen-bond donors (Lipinski definition) is 0. The Kier molecular flexibility index (Phi) is 4.76. The number of aromatic nitrogens is 5. The fraction of sp³-hybridized carbons (Fsp3) is 0.273. The highest BCUT2D eigenvalue weighted by atomic mass is 16.5. The number of ether oxygens (including phenoxy) is 2. The largest absolute Gasteiger partial charge is 0.494 e. The standard InChI is InChI=1S/C22H21N5O3/c1-3-28-17-9-7-15(8-10-17)19-12-27-18(13-29-19)20(24-26-27)22-23-21(25-30-22)16-6-4-5-14(2)11-16/h4-11,19H,3,12-13H2,1-2H3/t19-/m0/s1. The third-order valence-corrected chi connectivity index (χ3v) is 5.07. The molecule has 1 atom stereocenters. The van der Waals surface area contributed by atoms with Gasteiger partial charge in [0.2, 0.25) is 5.82 Å². The van der Waals surface area contributed by atoms with Crippen molar-refractivity contribution in [1.29, 1.82) is 0 Å². The first-order chi connectivity index (χ1) is 14.7. The minimum Gasteiger partial charge on any atom is -0.494 e. The molecule has 2 aromatic carbocycles. The first-order valence-corrected chi connectivity index (χ1v) is 9.89. The highest BCUT2D eigenvalue weighted by molar-refractivity contribution is 5.59. The van der Waals surface area contributed by atoms with Gasteiger partial charge in [-0.25, -0.2) is 4.68 Å². The van der Waals surface area contributed by atoms with Crippen LogP contribution in [0.4, 0.5) is 0 Å². The van der Waals surface area contributed by atoms with Crippen molar-refractivity contribution in [3.05, 3.63) is 65.4 Å². The Hall–Kier alpha value is -3.52. The first kappa shape index (κ1) is 18.5. The molecule has 3 heterocycles. The van der Waals surface area contributed by atoms with E-state index in [-0.39, 0.29) is 6.10 Å². The maximum atomic E-state index is 6.09. The molecule has 0 unspecified atom stereocenters. The van der Waals surface area contributed by atoms with Gasteiger partial charge in [-0.3, -0.25) is 0 Å². The summed E-state index contributed by atoms with van der Waals surface area (Å²) in [5.74, 6) is 1.72. The fourth-order valence-electron chi connectivity index (χ4n) is 3.55. The third-order valence-electron chi connectivity index (χ3n) is 5.07. The van der Waals surface area contributed by atoms with E-state index in [2.05, 4.69) is 20.5 Å². The Morgan fingerprint density at radius 1 is 1.17 bits per heavy atom. The van der Waals surface area contributed by atoms with Crippen LogP contribution in [-0.2, 0) is 17.9 Å². The van der Waals surface area contributed by atoms with Gasteiger partial charge in [-0.05, 0) is 37.6 Å². The van der Waals surface area contributed by atoms with Crippen molar-refractivity contribution in [2.24, 2.45) is 0 Å². The van der Waals surface area contributed by atoms with Crippen molar-refractivity contribution in [2.45, 2.75) is 33.1 Å². The number of benzene rings is 2. The quantitative estimate of drug-likeness (QED) is 0.498. The molecular weight excluding hydrogens is 382 g/mol. The second-order valence-corrected chi connectivity index (χ2v) is 7.16. The van der Waals surface area contributed by atoms with Crippen molar-refractivity contribution in [1.82, 2.24) is 25.1 Å². The predicted molar refractivity (Wildman–Crippen MR) is 109 cm³/mol. The predicted octanol–water partition coefficient (Wildman–Crippen LogP) is 3.97. The Morgan fingerprint density at radius 2 is 2.03 bits per heavy atom. The van der Waals surface area contributed by atoms with Crippen molar-refractivity contribution >= 4 is 0 Å². The van der Waals surface area contributed by atoms with Crippen LogP contribution >= 0.6 is 0 Å². The van der Waals surface area contributed by atoms with E-state index in [1.165, 1.54) is 0 Å². The van der Waals surface area contributed by atoms with Crippen LogP contribution in [0.25, 0.3) is 23.0 Å². The highest BCUT2D eigenvalue weighted by Gasteiger charge is 2.28. The monoisotopic (exact) mass is 403 g/mol. The Balaban J connectivity index is 1.36. The van der Waals surface area contributed by atoms with Gasteiger partial charge in [-0.1, -0.05) is 46.3 Å². The van der Waals surface area contributed by atoms with E-state index in [9.17, 15) is 0 Å². The molecular formula is C22H21N5O3. The lowest BCUT2D eigenvalue weighted by molar-refractivity contribution is -0.00119. The van der Waals surface area contributed by atoms with Crippen LogP contribution in [-0.4, -0.2) is 31.7 Å². The average molecular weight is 403 g/mol. The van der Waals surface area contributed by atoms with E-state index in [0.717, 1.165) is 28.1 Å². The summed E-state index contributed by atoms with van der Waals surface area (Å²) < 4.78 is 18.9. The topological polar surface area (TPSA) is 88.1 Å². The maximum absolute atomic E-state index is 6.09. The lowest BCUT2D eigenvalue weighted by Gasteiger charge is -2.24. The van der Waals surface area contributed by atoms with E-state index >= 15 is 0 Å². The van der Waals surface area contributed by atoms with Gasteiger partial charge in [-0.15, -0.1) is 5.10 Å². The zero-order valence-corrected chi connectivity index (χ0v) is 16.8. The molecule has 0 saturated heterocycles. The number of aryl methyl sites for hydroxylation is 1.